The van der Waals surface area contributed by atoms with Crippen LogP contribution in [0.4, 0.5) is 0 Å². The van der Waals surface area contributed by atoms with E-state index in [9.17, 15) is 0 Å². The minimum absolute atomic E-state index is 0.131. The molecule has 0 aliphatic carbocycles. The van der Waals surface area contributed by atoms with Gasteiger partial charge in [-0.1, -0.05) is 23.7 Å². The number of aryl methyl sites for hydroxylation is 1. The fourth-order valence-electron chi connectivity index (χ4n) is 2.01. The molecule has 1 unspecified atom stereocenters. The van der Waals surface area contributed by atoms with E-state index in [0.717, 1.165) is 23.9 Å². The molecule has 0 aliphatic heterocycles. The number of benzene rings is 1. The van der Waals surface area contributed by atoms with Crippen molar-refractivity contribution in [3.63, 3.8) is 0 Å². The molecule has 1 aromatic heterocycles. The van der Waals surface area contributed by atoms with Gasteiger partial charge in [0.15, 0.2) is 5.15 Å². The summed E-state index contributed by atoms with van der Waals surface area (Å²) in [4.78, 5) is 0. The molecule has 1 atom stereocenters. The van der Waals surface area contributed by atoms with Crippen LogP contribution in [-0.4, -0.2) is 15.8 Å². The highest BCUT2D eigenvalue weighted by atomic mass is 35.5. The number of hydrogen-bond donors (Lipinski definition) is 1. The van der Waals surface area contributed by atoms with Crippen molar-refractivity contribution in [2.24, 2.45) is 5.73 Å². The highest BCUT2D eigenvalue weighted by Gasteiger charge is 2.12. The van der Waals surface area contributed by atoms with Crippen LogP contribution >= 0.6 is 11.6 Å². The highest BCUT2D eigenvalue weighted by molar-refractivity contribution is 6.34. The maximum atomic E-state index is 6.17. The van der Waals surface area contributed by atoms with Crippen molar-refractivity contribution in [2.75, 3.05) is 0 Å². The van der Waals surface area contributed by atoms with Crippen LogP contribution in [0, 0.1) is 0 Å². The molecule has 0 spiro atoms. The van der Waals surface area contributed by atoms with Gasteiger partial charge >= 0.3 is 0 Å². The standard InChI is InChI=1S/C12H16ClN3/c1-3-16-10-6-4-5-9(7-8(2)14)11(10)12(13)15-16/h4-6,8H,3,7,14H2,1-2H3. The summed E-state index contributed by atoms with van der Waals surface area (Å²) in [5, 5.41) is 5.94. The molecule has 0 saturated carbocycles. The van der Waals surface area contributed by atoms with Crippen LogP contribution in [0.2, 0.25) is 5.15 Å². The van der Waals surface area contributed by atoms with Crippen LogP contribution in [0.15, 0.2) is 18.2 Å². The van der Waals surface area contributed by atoms with E-state index in [1.807, 2.05) is 23.7 Å². The van der Waals surface area contributed by atoms with E-state index < -0.39 is 0 Å². The Hall–Kier alpha value is -1.06. The molecule has 16 heavy (non-hydrogen) atoms. The average Bonchev–Trinajstić information content (AvgIpc) is 2.56. The third kappa shape index (κ3) is 1.93. The van der Waals surface area contributed by atoms with Gasteiger partial charge in [-0.2, -0.15) is 5.10 Å². The summed E-state index contributed by atoms with van der Waals surface area (Å²) in [6, 6.07) is 6.28. The second-order valence-corrected chi connectivity index (χ2v) is 4.46. The summed E-state index contributed by atoms with van der Waals surface area (Å²) < 4.78 is 1.92. The topological polar surface area (TPSA) is 43.8 Å². The molecular weight excluding hydrogens is 222 g/mol. The molecule has 1 aromatic carbocycles. The van der Waals surface area contributed by atoms with Crippen molar-refractivity contribution in [2.45, 2.75) is 32.9 Å². The summed E-state index contributed by atoms with van der Waals surface area (Å²) in [6.45, 7) is 4.88. The number of rotatable bonds is 3. The number of nitrogens with zero attached hydrogens (tertiary/aromatic N) is 2. The molecule has 2 aromatic rings. The minimum Gasteiger partial charge on any atom is -0.328 e. The molecule has 0 amide bonds. The average molecular weight is 238 g/mol. The molecule has 4 heteroatoms. The number of hydrogen-bond acceptors (Lipinski definition) is 2. The fourth-order valence-corrected chi connectivity index (χ4v) is 2.32. The van der Waals surface area contributed by atoms with Crippen molar-refractivity contribution in [1.82, 2.24) is 9.78 Å². The predicted molar refractivity (Wildman–Crippen MR) is 67.8 cm³/mol. The quantitative estimate of drug-likeness (QED) is 0.892. The zero-order valence-corrected chi connectivity index (χ0v) is 10.3. The molecule has 0 saturated heterocycles. The lowest BCUT2D eigenvalue weighted by Gasteiger charge is -2.07. The lowest BCUT2D eigenvalue weighted by molar-refractivity contribution is 0.684. The number of nitrogens with two attached hydrogens (primary N) is 1. The summed E-state index contributed by atoms with van der Waals surface area (Å²) in [7, 11) is 0. The molecule has 3 nitrogen and oxygen atoms in total. The second kappa shape index (κ2) is 4.44. The third-order valence-corrected chi connectivity index (χ3v) is 2.93. The van der Waals surface area contributed by atoms with Crippen LogP contribution in [0.5, 0.6) is 0 Å². The Kier molecular flexibility index (Phi) is 3.17. The second-order valence-electron chi connectivity index (χ2n) is 4.10. The molecule has 0 fully saturated rings. The van der Waals surface area contributed by atoms with Gasteiger partial charge in [0.1, 0.15) is 0 Å². The normalized spacial score (nSPS) is 13.2. The first kappa shape index (κ1) is 11.4. The lowest BCUT2D eigenvalue weighted by atomic mass is 10.0. The first-order valence-corrected chi connectivity index (χ1v) is 5.90. The van der Waals surface area contributed by atoms with Gasteiger partial charge in [-0.15, -0.1) is 0 Å². The predicted octanol–water partition coefficient (Wildman–Crippen LogP) is 2.60. The van der Waals surface area contributed by atoms with E-state index in [-0.39, 0.29) is 6.04 Å². The van der Waals surface area contributed by atoms with E-state index in [0.29, 0.717) is 5.15 Å². The van der Waals surface area contributed by atoms with Gasteiger partial charge in [0.05, 0.1) is 5.52 Å². The highest BCUT2D eigenvalue weighted by Crippen LogP contribution is 2.27. The monoisotopic (exact) mass is 237 g/mol. The number of aromatic nitrogens is 2. The molecule has 0 bridgehead atoms. The van der Waals surface area contributed by atoms with Gasteiger partial charge < -0.3 is 5.73 Å². The largest absolute Gasteiger partial charge is 0.328 e. The fraction of sp³-hybridized carbons (Fsp3) is 0.417. The molecule has 86 valence electrons. The Morgan fingerprint density at radius 3 is 2.88 bits per heavy atom. The molecular formula is C12H16ClN3. The Morgan fingerprint density at radius 1 is 1.50 bits per heavy atom. The van der Waals surface area contributed by atoms with Crippen molar-refractivity contribution < 1.29 is 0 Å². The molecule has 2 N–H and O–H groups in total. The van der Waals surface area contributed by atoms with Gasteiger partial charge in [0, 0.05) is 18.0 Å². The van der Waals surface area contributed by atoms with Crippen LogP contribution in [0.25, 0.3) is 10.9 Å². The summed E-state index contributed by atoms with van der Waals surface area (Å²) in [5.74, 6) is 0. The summed E-state index contributed by atoms with van der Waals surface area (Å²) >= 11 is 6.17. The van der Waals surface area contributed by atoms with Crippen LogP contribution in [-0.2, 0) is 13.0 Å². The van der Waals surface area contributed by atoms with Crippen molar-refractivity contribution >= 4 is 22.5 Å². The van der Waals surface area contributed by atoms with Crippen molar-refractivity contribution in [3.8, 4) is 0 Å². The van der Waals surface area contributed by atoms with Crippen LogP contribution in [0.1, 0.15) is 19.4 Å². The van der Waals surface area contributed by atoms with Gasteiger partial charge in [-0.05, 0) is 31.9 Å². The van der Waals surface area contributed by atoms with Gasteiger partial charge in [0.2, 0.25) is 0 Å². The van der Waals surface area contributed by atoms with Crippen LogP contribution in [0.3, 0.4) is 0 Å². The number of fused-ring (bicyclic) bond motifs is 1. The SMILES string of the molecule is CCn1nc(Cl)c2c(CC(C)N)cccc21. The Bertz CT molecular complexity index is 502. The van der Waals surface area contributed by atoms with E-state index in [2.05, 4.69) is 18.1 Å². The first-order chi connectivity index (χ1) is 7.63. The molecule has 1 heterocycles. The Morgan fingerprint density at radius 2 is 2.25 bits per heavy atom. The third-order valence-electron chi connectivity index (χ3n) is 2.66. The molecule has 0 aliphatic rings. The van der Waals surface area contributed by atoms with E-state index in [4.69, 9.17) is 17.3 Å². The van der Waals surface area contributed by atoms with Gasteiger partial charge in [-0.3, -0.25) is 4.68 Å². The van der Waals surface area contributed by atoms with E-state index in [1.54, 1.807) is 0 Å². The maximum absolute atomic E-state index is 6.17. The maximum Gasteiger partial charge on any atom is 0.159 e. The first-order valence-electron chi connectivity index (χ1n) is 5.53. The Balaban J connectivity index is 2.62. The van der Waals surface area contributed by atoms with E-state index in [1.165, 1.54) is 5.56 Å². The molecule has 2 rings (SSSR count). The lowest BCUT2D eigenvalue weighted by Crippen LogP contribution is -2.17. The van der Waals surface area contributed by atoms with Gasteiger partial charge in [0.25, 0.3) is 0 Å². The Labute approximate surface area is 100 Å². The summed E-state index contributed by atoms with van der Waals surface area (Å²) in [5.41, 5.74) is 8.10. The number of halogens is 1. The minimum atomic E-state index is 0.131. The van der Waals surface area contributed by atoms with Crippen molar-refractivity contribution in [1.29, 1.82) is 0 Å². The molecule has 0 radical (unpaired) electrons. The van der Waals surface area contributed by atoms with Crippen LogP contribution < -0.4 is 5.73 Å². The van der Waals surface area contributed by atoms with E-state index >= 15 is 0 Å². The zero-order valence-electron chi connectivity index (χ0n) is 9.57. The zero-order chi connectivity index (χ0) is 11.7. The van der Waals surface area contributed by atoms with Gasteiger partial charge in [-0.25, -0.2) is 0 Å². The summed E-state index contributed by atoms with van der Waals surface area (Å²) in [6.07, 6.45) is 0.826. The smallest absolute Gasteiger partial charge is 0.159 e. The van der Waals surface area contributed by atoms with Crippen molar-refractivity contribution in [3.05, 3.63) is 28.9 Å².